The average Bonchev–Trinajstić information content (AvgIpc) is 3.29. The minimum absolute atomic E-state index is 0.212. The number of likely N-dealkylation sites (N-methyl/N-ethyl adjacent to an activating group) is 1. The first-order valence-corrected chi connectivity index (χ1v) is 10.4. The molecule has 2 heterocycles. The molecule has 1 aromatic heterocycles. The standard InChI is InChI=1S/C22H30FN5O3/c1-26(2)10-9-24-21(29)22(30)25-16-19(20-8-5-15-31-20)28-13-11-27(12-14-28)18-7-4-3-6-17(18)23/h3-8,15,19H,9-14,16H2,1-2H3,(H,24,29)(H,25,30)/t19-/m0/s1. The third kappa shape index (κ3) is 6.28. The fourth-order valence-corrected chi connectivity index (χ4v) is 3.62. The highest BCUT2D eigenvalue weighted by Gasteiger charge is 2.28. The highest BCUT2D eigenvalue weighted by atomic mass is 19.1. The molecule has 3 rings (SSSR count). The van der Waals surface area contributed by atoms with Crippen LogP contribution in [0, 0.1) is 5.82 Å². The Bertz CT molecular complexity index is 851. The minimum atomic E-state index is -0.666. The fraction of sp³-hybridized carbons (Fsp3) is 0.455. The largest absolute Gasteiger partial charge is 0.468 e. The first-order valence-electron chi connectivity index (χ1n) is 10.4. The van der Waals surface area contributed by atoms with Gasteiger partial charge in [-0.25, -0.2) is 4.39 Å². The summed E-state index contributed by atoms with van der Waals surface area (Å²) in [5, 5.41) is 5.33. The molecule has 1 atom stereocenters. The molecule has 8 nitrogen and oxygen atoms in total. The van der Waals surface area contributed by atoms with Crippen LogP contribution in [0.5, 0.6) is 0 Å². The Morgan fingerprint density at radius 2 is 1.77 bits per heavy atom. The van der Waals surface area contributed by atoms with Gasteiger partial charge in [0.1, 0.15) is 11.6 Å². The number of para-hydroxylation sites is 1. The molecule has 1 saturated heterocycles. The van der Waals surface area contributed by atoms with E-state index in [0.29, 0.717) is 50.7 Å². The predicted molar refractivity (Wildman–Crippen MR) is 116 cm³/mol. The molecule has 1 fully saturated rings. The lowest BCUT2D eigenvalue weighted by Crippen LogP contribution is -2.51. The van der Waals surface area contributed by atoms with Crippen molar-refractivity contribution in [2.75, 3.05) is 64.8 Å². The second kappa shape index (κ2) is 10.9. The van der Waals surface area contributed by atoms with E-state index >= 15 is 0 Å². The van der Waals surface area contributed by atoms with Crippen LogP contribution in [0.3, 0.4) is 0 Å². The van der Waals surface area contributed by atoms with Crippen molar-refractivity contribution in [3.8, 4) is 0 Å². The third-order valence-corrected chi connectivity index (χ3v) is 5.33. The quantitative estimate of drug-likeness (QED) is 0.609. The predicted octanol–water partition coefficient (Wildman–Crippen LogP) is 1.08. The van der Waals surface area contributed by atoms with Gasteiger partial charge in [-0.3, -0.25) is 14.5 Å². The molecule has 1 aliphatic rings. The summed E-state index contributed by atoms with van der Waals surface area (Å²) in [4.78, 5) is 30.3. The lowest BCUT2D eigenvalue weighted by atomic mass is 10.1. The van der Waals surface area contributed by atoms with Gasteiger partial charge in [-0.2, -0.15) is 0 Å². The normalized spacial score (nSPS) is 15.7. The molecule has 1 aromatic carbocycles. The molecular weight excluding hydrogens is 401 g/mol. The van der Waals surface area contributed by atoms with Crippen LogP contribution in [0.4, 0.5) is 10.1 Å². The number of nitrogens with zero attached hydrogens (tertiary/aromatic N) is 3. The van der Waals surface area contributed by atoms with Gasteiger partial charge in [0.15, 0.2) is 0 Å². The Kier molecular flexibility index (Phi) is 8.02. The molecule has 0 bridgehead atoms. The lowest BCUT2D eigenvalue weighted by molar-refractivity contribution is -0.139. The van der Waals surface area contributed by atoms with Crippen LogP contribution in [0.25, 0.3) is 0 Å². The van der Waals surface area contributed by atoms with E-state index in [1.165, 1.54) is 6.07 Å². The zero-order valence-corrected chi connectivity index (χ0v) is 18.0. The molecule has 2 amide bonds. The van der Waals surface area contributed by atoms with Gasteiger partial charge in [0, 0.05) is 45.8 Å². The van der Waals surface area contributed by atoms with Gasteiger partial charge in [-0.15, -0.1) is 0 Å². The smallest absolute Gasteiger partial charge is 0.309 e. The molecule has 31 heavy (non-hydrogen) atoms. The summed E-state index contributed by atoms with van der Waals surface area (Å²) in [5.41, 5.74) is 0.597. The topological polar surface area (TPSA) is 81.1 Å². The summed E-state index contributed by atoms with van der Waals surface area (Å²) in [7, 11) is 3.79. The van der Waals surface area contributed by atoms with Crippen molar-refractivity contribution in [3.05, 3.63) is 54.2 Å². The third-order valence-electron chi connectivity index (χ3n) is 5.33. The minimum Gasteiger partial charge on any atom is -0.468 e. The van der Waals surface area contributed by atoms with Crippen molar-refractivity contribution in [3.63, 3.8) is 0 Å². The van der Waals surface area contributed by atoms with Crippen molar-refractivity contribution in [1.29, 1.82) is 0 Å². The number of hydrogen-bond acceptors (Lipinski definition) is 6. The van der Waals surface area contributed by atoms with Gasteiger partial charge in [0.25, 0.3) is 0 Å². The number of rotatable bonds is 8. The molecule has 0 radical (unpaired) electrons. The van der Waals surface area contributed by atoms with Gasteiger partial charge in [-0.1, -0.05) is 12.1 Å². The monoisotopic (exact) mass is 431 g/mol. The molecular formula is C22H30FN5O3. The summed E-state index contributed by atoms with van der Waals surface area (Å²) >= 11 is 0. The van der Waals surface area contributed by atoms with E-state index in [-0.39, 0.29) is 18.4 Å². The molecule has 0 spiro atoms. The summed E-state index contributed by atoms with van der Waals surface area (Å²) in [6, 6.07) is 10.2. The Labute approximate surface area is 182 Å². The molecule has 0 unspecified atom stereocenters. The fourth-order valence-electron chi connectivity index (χ4n) is 3.62. The lowest BCUT2D eigenvalue weighted by Gasteiger charge is -2.39. The zero-order valence-electron chi connectivity index (χ0n) is 18.0. The molecule has 9 heteroatoms. The summed E-state index contributed by atoms with van der Waals surface area (Å²) in [5.74, 6) is -0.830. The molecule has 2 aromatic rings. The van der Waals surface area contributed by atoms with Crippen LogP contribution in [0.15, 0.2) is 47.1 Å². The van der Waals surface area contributed by atoms with Crippen LogP contribution in [0.2, 0.25) is 0 Å². The average molecular weight is 432 g/mol. The summed E-state index contributed by atoms with van der Waals surface area (Å²) in [6.45, 7) is 3.94. The van der Waals surface area contributed by atoms with Crippen molar-refractivity contribution in [2.24, 2.45) is 0 Å². The maximum atomic E-state index is 14.1. The Balaban J connectivity index is 1.56. The van der Waals surface area contributed by atoms with Crippen LogP contribution in [-0.4, -0.2) is 81.5 Å². The van der Waals surface area contributed by atoms with Crippen LogP contribution in [0.1, 0.15) is 11.8 Å². The number of amides is 2. The number of nitrogens with one attached hydrogen (secondary N) is 2. The van der Waals surface area contributed by atoms with Crippen molar-refractivity contribution in [1.82, 2.24) is 20.4 Å². The maximum absolute atomic E-state index is 14.1. The van der Waals surface area contributed by atoms with E-state index in [1.54, 1.807) is 24.5 Å². The van der Waals surface area contributed by atoms with Gasteiger partial charge in [0.2, 0.25) is 0 Å². The number of hydrogen-bond donors (Lipinski definition) is 2. The number of piperazine rings is 1. The van der Waals surface area contributed by atoms with Gasteiger partial charge >= 0.3 is 11.8 Å². The first-order chi connectivity index (χ1) is 15.0. The van der Waals surface area contributed by atoms with Gasteiger partial charge in [0.05, 0.1) is 18.0 Å². The van der Waals surface area contributed by atoms with E-state index in [9.17, 15) is 14.0 Å². The van der Waals surface area contributed by atoms with Crippen LogP contribution >= 0.6 is 0 Å². The van der Waals surface area contributed by atoms with Crippen molar-refractivity contribution >= 4 is 17.5 Å². The summed E-state index contributed by atoms with van der Waals surface area (Å²) < 4.78 is 19.7. The van der Waals surface area contributed by atoms with E-state index in [4.69, 9.17) is 4.42 Å². The Morgan fingerprint density at radius 3 is 2.42 bits per heavy atom. The van der Waals surface area contributed by atoms with Crippen LogP contribution in [-0.2, 0) is 9.59 Å². The molecule has 0 saturated carbocycles. The van der Waals surface area contributed by atoms with E-state index in [1.807, 2.05) is 36.0 Å². The van der Waals surface area contributed by atoms with Crippen molar-refractivity contribution in [2.45, 2.75) is 6.04 Å². The number of carbonyl (C=O) groups is 2. The highest BCUT2D eigenvalue weighted by Crippen LogP contribution is 2.25. The maximum Gasteiger partial charge on any atom is 0.309 e. The molecule has 2 N–H and O–H groups in total. The summed E-state index contributed by atoms with van der Waals surface area (Å²) in [6.07, 6.45) is 1.59. The van der Waals surface area contributed by atoms with Gasteiger partial charge < -0.3 is 24.9 Å². The first kappa shape index (κ1) is 22.8. The van der Waals surface area contributed by atoms with E-state index < -0.39 is 11.8 Å². The zero-order chi connectivity index (χ0) is 22.2. The van der Waals surface area contributed by atoms with E-state index in [0.717, 1.165) is 0 Å². The number of halogens is 1. The number of benzene rings is 1. The van der Waals surface area contributed by atoms with Crippen molar-refractivity contribution < 1.29 is 18.4 Å². The molecule has 0 aliphatic carbocycles. The van der Waals surface area contributed by atoms with Gasteiger partial charge in [-0.05, 0) is 38.4 Å². The highest BCUT2D eigenvalue weighted by molar-refractivity contribution is 6.35. The van der Waals surface area contributed by atoms with Crippen LogP contribution < -0.4 is 15.5 Å². The number of anilines is 1. The number of furan rings is 1. The molecule has 1 aliphatic heterocycles. The number of carbonyl (C=O) groups excluding carboxylic acids is 2. The second-order valence-electron chi connectivity index (χ2n) is 7.77. The SMILES string of the molecule is CN(C)CCNC(=O)C(=O)NC[C@@H](c1ccco1)N1CCN(c2ccccc2F)CC1. The Hall–Kier alpha value is -2.91. The second-order valence-corrected chi connectivity index (χ2v) is 7.77. The molecule has 168 valence electrons. The Morgan fingerprint density at radius 1 is 1.06 bits per heavy atom. The van der Waals surface area contributed by atoms with E-state index in [2.05, 4.69) is 15.5 Å².